The lowest BCUT2D eigenvalue weighted by Crippen LogP contribution is -2.10. The van der Waals surface area contributed by atoms with Crippen LogP contribution in [0.2, 0.25) is 0 Å². The van der Waals surface area contributed by atoms with Gasteiger partial charge in [0.05, 0.1) is 11.4 Å². The van der Waals surface area contributed by atoms with Crippen molar-refractivity contribution < 1.29 is 4.79 Å². The van der Waals surface area contributed by atoms with Crippen molar-refractivity contribution in [2.75, 3.05) is 5.32 Å². The number of halogens is 1. The molecule has 0 saturated carbocycles. The predicted molar refractivity (Wildman–Crippen MR) is 91.0 cm³/mol. The first-order valence-electron chi connectivity index (χ1n) is 6.82. The Bertz CT molecular complexity index is 812. The summed E-state index contributed by atoms with van der Waals surface area (Å²) in [4.78, 5) is 11.4. The fourth-order valence-corrected chi connectivity index (χ4v) is 2.60. The van der Waals surface area contributed by atoms with Gasteiger partial charge in [-0.05, 0) is 24.3 Å². The fraction of sp³-hybridized carbons (Fsp3) is 0.0588. The summed E-state index contributed by atoms with van der Waals surface area (Å²) in [5.41, 5.74) is 2.68. The minimum atomic E-state index is -0.127. The zero-order valence-electron chi connectivity index (χ0n) is 12.0. The van der Waals surface area contributed by atoms with E-state index in [-0.39, 0.29) is 5.91 Å². The Labute approximate surface area is 136 Å². The molecule has 0 fully saturated rings. The number of carbonyl (C=O) groups is 1. The SMILES string of the molecule is CC(=O)Nc1cc(-c2cccc(Br)c2)nn1-c1ccccc1. The van der Waals surface area contributed by atoms with E-state index in [1.54, 1.807) is 4.68 Å². The van der Waals surface area contributed by atoms with Crippen molar-refractivity contribution in [3.8, 4) is 16.9 Å². The standard InChI is InChI=1S/C17H14BrN3O/c1-12(22)19-17-11-16(13-6-5-7-14(18)10-13)20-21(17)15-8-3-2-4-9-15/h2-11H,1H3,(H,19,22). The first-order valence-corrected chi connectivity index (χ1v) is 7.62. The molecule has 1 N–H and O–H groups in total. The summed E-state index contributed by atoms with van der Waals surface area (Å²) in [6, 6.07) is 19.5. The molecule has 0 spiro atoms. The van der Waals surface area contributed by atoms with Gasteiger partial charge < -0.3 is 5.32 Å². The quantitative estimate of drug-likeness (QED) is 0.762. The number of amides is 1. The number of aromatic nitrogens is 2. The van der Waals surface area contributed by atoms with Crippen molar-refractivity contribution in [1.82, 2.24) is 9.78 Å². The molecule has 2 aromatic carbocycles. The summed E-state index contributed by atoms with van der Waals surface area (Å²) in [5.74, 6) is 0.520. The highest BCUT2D eigenvalue weighted by Crippen LogP contribution is 2.26. The van der Waals surface area contributed by atoms with Crippen LogP contribution in [0.15, 0.2) is 65.1 Å². The Balaban J connectivity index is 2.10. The van der Waals surface area contributed by atoms with E-state index in [4.69, 9.17) is 0 Å². The van der Waals surface area contributed by atoms with E-state index in [2.05, 4.69) is 26.3 Å². The average molecular weight is 356 g/mol. The molecule has 0 unspecified atom stereocenters. The maximum Gasteiger partial charge on any atom is 0.222 e. The van der Waals surface area contributed by atoms with Crippen LogP contribution in [-0.2, 0) is 4.79 Å². The van der Waals surface area contributed by atoms with Crippen LogP contribution in [-0.4, -0.2) is 15.7 Å². The van der Waals surface area contributed by atoms with Gasteiger partial charge in [0, 0.05) is 23.0 Å². The van der Waals surface area contributed by atoms with Gasteiger partial charge in [-0.2, -0.15) is 5.10 Å². The number of nitrogens with one attached hydrogen (secondary N) is 1. The second-order valence-electron chi connectivity index (χ2n) is 4.85. The van der Waals surface area contributed by atoms with E-state index < -0.39 is 0 Å². The Morgan fingerprint density at radius 2 is 1.86 bits per heavy atom. The van der Waals surface area contributed by atoms with E-state index in [0.717, 1.165) is 21.4 Å². The number of anilines is 1. The molecule has 3 rings (SSSR count). The second-order valence-corrected chi connectivity index (χ2v) is 5.77. The van der Waals surface area contributed by atoms with Crippen molar-refractivity contribution in [3.05, 3.63) is 65.1 Å². The van der Waals surface area contributed by atoms with Crippen LogP contribution in [0.25, 0.3) is 16.9 Å². The van der Waals surface area contributed by atoms with E-state index in [9.17, 15) is 4.79 Å². The first-order chi connectivity index (χ1) is 10.6. The summed E-state index contributed by atoms with van der Waals surface area (Å²) < 4.78 is 2.72. The molecule has 1 aromatic heterocycles. The maximum absolute atomic E-state index is 11.4. The Morgan fingerprint density at radius 1 is 1.09 bits per heavy atom. The third-order valence-electron chi connectivity index (χ3n) is 3.13. The van der Waals surface area contributed by atoms with E-state index >= 15 is 0 Å². The van der Waals surface area contributed by atoms with Crippen molar-refractivity contribution >= 4 is 27.7 Å². The normalized spacial score (nSPS) is 10.5. The van der Waals surface area contributed by atoms with Gasteiger partial charge in [0.25, 0.3) is 0 Å². The monoisotopic (exact) mass is 355 g/mol. The summed E-state index contributed by atoms with van der Waals surface area (Å²) in [5, 5.41) is 7.45. The highest BCUT2D eigenvalue weighted by atomic mass is 79.9. The molecule has 5 heteroatoms. The third kappa shape index (κ3) is 3.09. The van der Waals surface area contributed by atoms with Crippen LogP contribution < -0.4 is 5.32 Å². The number of carbonyl (C=O) groups excluding carboxylic acids is 1. The molecule has 0 radical (unpaired) electrons. The van der Waals surface area contributed by atoms with Crippen LogP contribution in [0.3, 0.4) is 0 Å². The second kappa shape index (κ2) is 6.15. The molecule has 0 aliphatic carbocycles. The Hall–Kier alpha value is -2.40. The number of hydrogen-bond donors (Lipinski definition) is 1. The lowest BCUT2D eigenvalue weighted by atomic mass is 10.1. The van der Waals surface area contributed by atoms with Crippen molar-refractivity contribution in [3.63, 3.8) is 0 Å². The molecule has 1 amide bonds. The zero-order valence-corrected chi connectivity index (χ0v) is 13.5. The topological polar surface area (TPSA) is 46.9 Å². The molecule has 0 saturated heterocycles. The van der Waals surface area contributed by atoms with Gasteiger partial charge in [-0.15, -0.1) is 0 Å². The summed E-state index contributed by atoms with van der Waals surface area (Å²) >= 11 is 3.47. The van der Waals surface area contributed by atoms with Gasteiger partial charge in [-0.3, -0.25) is 4.79 Å². The van der Waals surface area contributed by atoms with E-state index in [0.29, 0.717) is 5.82 Å². The highest BCUT2D eigenvalue weighted by Gasteiger charge is 2.12. The van der Waals surface area contributed by atoms with Crippen LogP contribution in [0.5, 0.6) is 0 Å². The number of rotatable bonds is 3. The van der Waals surface area contributed by atoms with Gasteiger partial charge in [0.1, 0.15) is 5.82 Å². The van der Waals surface area contributed by atoms with E-state index in [1.165, 1.54) is 6.92 Å². The molecule has 3 aromatic rings. The van der Waals surface area contributed by atoms with E-state index in [1.807, 2.05) is 60.7 Å². The van der Waals surface area contributed by atoms with Crippen molar-refractivity contribution in [2.24, 2.45) is 0 Å². The van der Waals surface area contributed by atoms with Crippen LogP contribution >= 0.6 is 15.9 Å². The summed E-state index contributed by atoms with van der Waals surface area (Å²) in [6.07, 6.45) is 0. The minimum absolute atomic E-state index is 0.127. The molecule has 0 atom stereocenters. The molecule has 0 bridgehead atoms. The Kier molecular flexibility index (Phi) is 4.06. The molecule has 0 aliphatic heterocycles. The minimum Gasteiger partial charge on any atom is -0.311 e. The molecule has 4 nitrogen and oxygen atoms in total. The Morgan fingerprint density at radius 3 is 2.55 bits per heavy atom. The van der Waals surface area contributed by atoms with Crippen LogP contribution in [0.1, 0.15) is 6.92 Å². The molecular formula is C17H14BrN3O. The molecule has 22 heavy (non-hydrogen) atoms. The lowest BCUT2D eigenvalue weighted by molar-refractivity contribution is -0.114. The molecule has 1 heterocycles. The number of para-hydroxylation sites is 1. The van der Waals surface area contributed by atoms with Gasteiger partial charge >= 0.3 is 0 Å². The molecular weight excluding hydrogens is 342 g/mol. The van der Waals surface area contributed by atoms with Crippen molar-refractivity contribution in [1.29, 1.82) is 0 Å². The van der Waals surface area contributed by atoms with Gasteiger partial charge in [-0.25, -0.2) is 4.68 Å². The number of hydrogen-bond acceptors (Lipinski definition) is 2. The van der Waals surface area contributed by atoms with Gasteiger partial charge in [-0.1, -0.05) is 46.3 Å². The van der Waals surface area contributed by atoms with Gasteiger partial charge in [0.2, 0.25) is 5.91 Å². The summed E-state index contributed by atoms with van der Waals surface area (Å²) in [7, 11) is 0. The fourth-order valence-electron chi connectivity index (χ4n) is 2.21. The largest absolute Gasteiger partial charge is 0.311 e. The lowest BCUT2D eigenvalue weighted by Gasteiger charge is -2.06. The average Bonchev–Trinajstić information content (AvgIpc) is 2.91. The predicted octanol–water partition coefficient (Wildman–Crippen LogP) is 4.26. The smallest absolute Gasteiger partial charge is 0.222 e. The van der Waals surface area contributed by atoms with Crippen LogP contribution in [0.4, 0.5) is 5.82 Å². The summed E-state index contributed by atoms with van der Waals surface area (Å²) in [6.45, 7) is 1.49. The first kappa shape index (κ1) is 14.5. The number of benzene rings is 2. The molecule has 0 aliphatic rings. The number of nitrogens with zero attached hydrogens (tertiary/aromatic N) is 2. The third-order valence-corrected chi connectivity index (χ3v) is 3.63. The van der Waals surface area contributed by atoms with Gasteiger partial charge in [0.15, 0.2) is 0 Å². The zero-order chi connectivity index (χ0) is 15.5. The molecule has 110 valence electrons. The van der Waals surface area contributed by atoms with Crippen LogP contribution in [0, 0.1) is 0 Å². The van der Waals surface area contributed by atoms with Crippen molar-refractivity contribution in [2.45, 2.75) is 6.92 Å². The highest BCUT2D eigenvalue weighted by molar-refractivity contribution is 9.10. The maximum atomic E-state index is 11.4.